The Balaban J connectivity index is 1.39. The van der Waals surface area contributed by atoms with Crippen molar-refractivity contribution in [3.63, 3.8) is 0 Å². The fourth-order valence-electron chi connectivity index (χ4n) is 2.84. The zero-order chi connectivity index (χ0) is 17.1. The molecule has 1 aliphatic rings. The van der Waals surface area contributed by atoms with Crippen molar-refractivity contribution in [1.29, 1.82) is 0 Å². The molecule has 2 atom stereocenters. The second-order valence-electron chi connectivity index (χ2n) is 5.73. The number of benzene rings is 1. The monoisotopic (exact) mass is 355 g/mol. The lowest BCUT2D eigenvalue weighted by molar-refractivity contribution is -0.125. The molecule has 0 bridgehead atoms. The molecule has 2 aromatic heterocycles. The van der Waals surface area contributed by atoms with Crippen molar-refractivity contribution in [2.24, 2.45) is 5.92 Å². The smallest absolute Gasteiger partial charge is 0.268 e. The van der Waals surface area contributed by atoms with E-state index in [1.165, 1.54) is 11.3 Å². The van der Waals surface area contributed by atoms with E-state index in [0.29, 0.717) is 18.3 Å². The van der Waals surface area contributed by atoms with Crippen molar-refractivity contribution >= 4 is 17.2 Å². The third-order valence-electron chi connectivity index (χ3n) is 4.10. The van der Waals surface area contributed by atoms with E-state index in [1.807, 2.05) is 47.8 Å². The highest BCUT2D eigenvalue weighted by Crippen LogP contribution is 2.25. The molecular weight excluding hydrogens is 338 g/mol. The van der Waals surface area contributed by atoms with E-state index < -0.39 is 0 Å². The van der Waals surface area contributed by atoms with Crippen molar-refractivity contribution in [1.82, 2.24) is 26.3 Å². The van der Waals surface area contributed by atoms with Crippen LogP contribution in [0.5, 0.6) is 0 Å². The van der Waals surface area contributed by atoms with Crippen LogP contribution in [0.3, 0.4) is 0 Å². The molecule has 128 valence electrons. The minimum Gasteiger partial charge on any atom is -0.348 e. The maximum atomic E-state index is 12.6. The average molecular weight is 355 g/mol. The molecule has 4 rings (SSSR count). The summed E-state index contributed by atoms with van der Waals surface area (Å²) >= 11 is 1.53. The maximum Gasteiger partial charge on any atom is 0.268 e. The van der Waals surface area contributed by atoms with Crippen molar-refractivity contribution < 1.29 is 9.32 Å². The number of rotatable bonds is 5. The highest BCUT2D eigenvalue weighted by molar-refractivity contribution is 7.13. The first-order valence-electron chi connectivity index (χ1n) is 7.99. The van der Waals surface area contributed by atoms with E-state index in [-0.39, 0.29) is 24.4 Å². The molecule has 1 fully saturated rings. The third kappa shape index (κ3) is 3.46. The molecule has 0 spiro atoms. The minimum absolute atomic E-state index is 0.0474. The van der Waals surface area contributed by atoms with Gasteiger partial charge in [-0.3, -0.25) is 10.2 Å². The highest BCUT2D eigenvalue weighted by atomic mass is 32.1. The standard InChI is InChI=1S/C17H17N5O2S/c23-16(12-9-19-21-15(12)11-5-2-1-3-6-11)18-10-14-20-17(24-22-14)13-7-4-8-25-13/h1-8,12,15,19,21H,9-10H2,(H,18,23). The first-order valence-corrected chi connectivity index (χ1v) is 8.87. The van der Waals surface area contributed by atoms with Crippen molar-refractivity contribution in [2.75, 3.05) is 6.54 Å². The van der Waals surface area contributed by atoms with Gasteiger partial charge in [-0.2, -0.15) is 4.98 Å². The van der Waals surface area contributed by atoms with Crippen LogP contribution >= 0.6 is 11.3 Å². The molecule has 0 radical (unpaired) electrons. The molecule has 1 amide bonds. The SMILES string of the molecule is O=C(NCc1noc(-c2cccs2)n1)C1CNNC1c1ccccc1. The Hall–Kier alpha value is -2.55. The predicted molar refractivity (Wildman–Crippen MR) is 93.3 cm³/mol. The number of amides is 1. The maximum absolute atomic E-state index is 12.6. The van der Waals surface area contributed by atoms with Crippen LogP contribution in [0, 0.1) is 5.92 Å². The van der Waals surface area contributed by atoms with Gasteiger partial charge in [0.1, 0.15) is 0 Å². The van der Waals surface area contributed by atoms with Crippen molar-refractivity contribution in [2.45, 2.75) is 12.6 Å². The van der Waals surface area contributed by atoms with Gasteiger partial charge in [-0.15, -0.1) is 11.3 Å². The van der Waals surface area contributed by atoms with Crippen LogP contribution in [-0.4, -0.2) is 22.6 Å². The number of hydrogen-bond donors (Lipinski definition) is 3. The van der Waals surface area contributed by atoms with Crippen LogP contribution in [0.15, 0.2) is 52.4 Å². The molecule has 2 unspecified atom stereocenters. The van der Waals surface area contributed by atoms with Gasteiger partial charge in [0.2, 0.25) is 5.91 Å². The fraction of sp³-hybridized carbons (Fsp3) is 0.235. The predicted octanol–water partition coefficient (Wildman–Crippen LogP) is 1.88. The number of nitrogens with zero attached hydrogens (tertiary/aromatic N) is 2. The summed E-state index contributed by atoms with van der Waals surface area (Å²) in [6, 6.07) is 13.7. The first-order chi connectivity index (χ1) is 12.3. The molecule has 1 saturated heterocycles. The summed E-state index contributed by atoms with van der Waals surface area (Å²) in [7, 11) is 0. The van der Waals surface area contributed by atoms with E-state index in [1.54, 1.807) is 0 Å². The van der Waals surface area contributed by atoms with Crippen LogP contribution in [-0.2, 0) is 11.3 Å². The van der Waals surface area contributed by atoms with Gasteiger partial charge in [0, 0.05) is 6.54 Å². The van der Waals surface area contributed by atoms with E-state index in [2.05, 4.69) is 26.3 Å². The Bertz CT molecular complexity index is 834. The summed E-state index contributed by atoms with van der Waals surface area (Å²) in [5.41, 5.74) is 7.31. The zero-order valence-electron chi connectivity index (χ0n) is 13.3. The number of carbonyl (C=O) groups excluding carboxylic acids is 1. The summed E-state index contributed by atoms with van der Waals surface area (Å²) in [6.45, 7) is 0.809. The summed E-state index contributed by atoms with van der Waals surface area (Å²) in [4.78, 5) is 17.8. The fourth-order valence-corrected chi connectivity index (χ4v) is 3.49. The van der Waals surface area contributed by atoms with Crippen molar-refractivity contribution in [3.05, 3.63) is 59.2 Å². The number of hydrogen-bond acceptors (Lipinski definition) is 7. The number of thiophene rings is 1. The van der Waals surface area contributed by atoms with Crippen LogP contribution in [0.25, 0.3) is 10.8 Å². The minimum atomic E-state index is -0.203. The largest absolute Gasteiger partial charge is 0.348 e. The lowest BCUT2D eigenvalue weighted by Gasteiger charge is -2.17. The average Bonchev–Trinajstić information content (AvgIpc) is 3.41. The van der Waals surface area contributed by atoms with Gasteiger partial charge in [-0.25, -0.2) is 5.43 Å². The van der Waals surface area contributed by atoms with E-state index in [4.69, 9.17) is 4.52 Å². The molecule has 0 saturated carbocycles. The molecule has 25 heavy (non-hydrogen) atoms. The number of carbonyl (C=O) groups is 1. The van der Waals surface area contributed by atoms with Gasteiger partial charge in [0.05, 0.1) is 23.4 Å². The second kappa shape index (κ2) is 7.14. The molecule has 1 aliphatic heterocycles. The molecule has 1 aromatic carbocycles. The Labute approximate surface area is 148 Å². The summed E-state index contributed by atoms with van der Waals surface area (Å²) < 4.78 is 5.23. The normalized spacial score (nSPS) is 19.8. The van der Waals surface area contributed by atoms with Crippen LogP contribution in [0.2, 0.25) is 0 Å². The van der Waals surface area contributed by atoms with Crippen LogP contribution < -0.4 is 16.2 Å². The van der Waals surface area contributed by atoms with Gasteiger partial charge in [0.15, 0.2) is 5.82 Å². The highest BCUT2D eigenvalue weighted by Gasteiger charge is 2.33. The lowest BCUT2D eigenvalue weighted by atomic mass is 9.94. The molecule has 8 heteroatoms. The van der Waals surface area contributed by atoms with Gasteiger partial charge in [-0.05, 0) is 17.0 Å². The number of aromatic nitrogens is 2. The van der Waals surface area contributed by atoms with Gasteiger partial charge < -0.3 is 9.84 Å². The van der Waals surface area contributed by atoms with Crippen LogP contribution in [0.4, 0.5) is 0 Å². The van der Waals surface area contributed by atoms with Crippen molar-refractivity contribution in [3.8, 4) is 10.8 Å². The Morgan fingerprint density at radius 3 is 2.96 bits per heavy atom. The number of hydrazine groups is 1. The van der Waals surface area contributed by atoms with E-state index in [9.17, 15) is 4.79 Å². The molecular formula is C17H17N5O2S. The lowest BCUT2D eigenvalue weighted by Crippen LogP contribution is -2.34. The first kappa shape index (κ1) is 15.9. The molecule has 3 heterocycles. The van der Waals surface area contributed by atoms with Gasteiger partial charge in [0.25, 0.3) is 5.89 Å². The quantitative estimate of drug-likeness (QED) is 0.647. The molecule has 3 aromatic rings. The molecule has 0 aliphatic carbocycles. The van der Waals surface area contributed by atoms with Crippen LogP contribution in [0.1, 0.15) is 17.4 Å². The topological polar surface area (TPSA) is 92.1 Å². The Kier molecular flexibility index (Phi) is 4.55. The summed E-state index contributed by atoms with van der Waals surface area (Å²) in [6.07, 6.45) is 0. The summed E-state index contributed by atoms with van der Waals surface area (Å²) in [5, 5.41) is 8.77. The molecule has 3 N–H and O–H groups in total. The van der Waals surface area contributed by atoms with Gasteiger partial charge in [-0.1, -0.05) is 41.6 Å². The zero-order valence-corrected chi connectivity index (χ0v) is 14.1. The van der Waals surface area contributed by atoms with Gasteiger partial charge >= 0.3 is 0 Å². The molecule has 7 nitrogen and oxygen atoms in total. The van der Waals surface area contributed by atoms with E-state index >= 15 is 0 Å². The summed E-state index contributed by atoms with van der Waals surface area (Å²) in [5.74, 6) is 0.692. The number of nitrogens with one attached hydrogen (secondary N) is 3. The second-order valence-corrected chi connectivity index (χ2v) is 6.68. The van der Waals surface area contributed by atoms with E-state index in [0.717, 1.165) is 10.4 Å². The Morgan fingerprint density at radius 1 is 1.28 bits per heavy atom. The third-order valence-corrected chi connectivity index (χ3v) is 4.96. The Morgan fingerprint density at radius 2 is 2.16 bits per heavy atom.